The molecular weight excluding hydrogens is 456 g/mol. The van der Waals surface area contributed by atoms with Crippen molar-refractivity contribution >= 4 is 52.3 Å². The number of carbonyl (C=O) groups excluding carboxylic acids is 1. The van der Waals surface area contributed by atoms with E-state index in [1.807, 2.05) is 54.6 Å². The lowest BCUT2D eigenvalue weighted by Crippen LogP contribution is -2.38. The maximum atomic E-state index is 13.2. The van der Waals surface area contributed by atoms with Crippen LogP contribution in [-0.4, -0.2) is 5.91 Å². The van der Waals surface area contributed by atoms with Crippen molar-refractivity contribution in [3.8, 4) is 0 Å². The zero-order valence-corrected chi connectivity index (χ0v) is 19.6. The summed E-state index contributed by atoms with van der Waals surface area (Å²) in [6.45, 7) is 0. The Morgan fingerprint density at radius 2 is 1.06 bits per heavy atom. The summed E-state index contributed by atoms with van der Waals surface area (Å²) in [7, 11) is -2.48. The van der Waals surface area contributed by atoms with E-state index in [-0.39, 0.29) is 5.91 Å². The van der Waals surface area contributed by atoms with Crippen LogP contribution in [0.2, 0.25) is 5.02 Å². The molecule has 1 N–H and O–H groups in total. The molecule has 5 heteroatoms. The van der Waals surface area contributed by atoms with Gasteiger partial charge in [0.15, 0.2) is 12.7 Å². The van der Waals surface area contributed by atoms with E-state index in [0.29, 0.717) is 16.0 Å². The number of nitrogens with one attached hydrogen (secondary N) is 1. The van der Waals surface area contributed by atoms with Crippen LogP contribution in [0.1, 0.15) is 10.4 Å². The Morgan fingerprint density at radius 1 is 0.656 bits per heavy atom. The average Bonchev–Trinajstić information content (AvgIpc) is 2.86. The molecular formula is C27H21Cl2NOP+. The number of carbonyl (C=O) groups is 1. The molecule has 2 nitrogen and oxygen atoms in total. The summed E-state index contributed by atoms with van der Waals surface area (Å²) in [6.07, 6.45) is 0. The molecule has 0 unspecified atom stereocenters. The highest BCUT2D eigenvalue weighted by Gasteiger charge is 2.50. The van der Waals surface area contributed by atoms with Crippen LogP contribution in [0.4, 0.5) is 0 Å². The van der Waals surface area contributed by atoms with Gasteiger partial charge in [0.25, 0.3) is 5.91 Å². The normalized spacial score (nSPS) is 11.8. The number of hydrogen-bond donors (Lipinski definition) is 1. The maximum Gasteiger partial charge on any atom is 0.258 e. The molecule has 0 aliphatic carbocycles. The van der Waals surface area contributed by atoms with E-state index >= 15 is 0 Å². The predicted octanol–water partition coefficient (Wildman–Crippen LogP) is 6.10. The van der Waals surface area contributed by atoms with Crippen molar-refractivity contribution in [1.82, 2.24) is 5.32 Å². The fraction of sp³-hybridized carbons (Fsp3) is 0. The highest BCUT2D eigenvalue weighted by Crippen LogP contribution is 2.61. The van der Waals surface area contributed by atoms with E-state index in [1.54, 1.807) is 24.3 Å². The summed E-state index contributed by atoms with van der Waals surface area (Å²) in [5.41, 5.74) is 2.69. The van der Waals surface area contributed by atoms with Gasteiger partial charge >= 0.3 is 0 Å². The van der Waals surface area contributed by atoms with Crippen molar-refractivity contribution in [3.05, 3.63) is 137 Å². The first kappa shape index (κ1) is 22.3. The van der Waals surface area contributed by atoms with Crippen LogP contribution in [-0.2, 0) is 0 Å². The molecule has 0 heterocycles. The molecule has 0 fully saturated rings. The van der Waals surface area contributed by atoms with Crippen molar-refractivity contribution < 1.29 is 4.79 Å². The van der Waals surface area contributed by atoms with E-state index in [9.17, 15) is 4.79 Å². The molecule has 0 bridgehead atoms. The Bertz CT molecular complexity index is 1110. The third-order valence-corrected chi connectivity index (χ3v) is 10.0. The first-order valence-corrected chi connectivity index (χ1v) is 12.7. The Labute approximate surface area is 198 Å². The number of halogens is 2. The van der Waals surface area contributed by atoms with Gasteiger partial charge in [-0.1, -0.05) is 77.8 Å². The first-order chi connectivity index (χ1) is 15.7. The molecule has 0 aliphatic rings. The van der Waals surface area contributed by atoms with Crippen LogP contribution in [0, 0.1) is 0 Å². The Morgan fingerprint density at radius 3 is 1.44 bits per heavy atom. The smallest absolute Gasteiger partial charge is 0.258 e. The van der Waals surface area contributed by atoms with E-state index in [4.69, 9.17) is 23.2 Å². The summed E-state index contributed by atoms with van der Waals surface area (Å²) in [6, 6.07) is 37.5. The van der Waals surface area contributed by atoms with Gasteiger partial charge in [0, 0.05) is 10.6 Å². The third-order valence-electron chi connectivity index (χ3n) is 5.24. The van der Waals surface area contributed by atoms with Crippen LogP contribution in [0.25, 0.3) is 0 Å². The number of amides is 1. The van der Waals surface area contributed by atoms with Crippen molar-refractivity contribution in [2.45, 2.75) is 0 Å². The Hall–Kier alpha value is -2.90. The molecule has 0 radical (unpaired) electrons. The molecule has 1 amide bonds. The van der Waals surface area contributed by atoms with Gasteiger partial charge in [0.05, 0.1) is 5.54 Å². The second-order valence-electron chi connectivity index (χ2n) is 7.13. The monoisotopic (exact) mass is 476 g/mol. The average molecular weight is 477 g/mol. The highest BCUT2D eigenvalue weighted by atomic mass is 35.5. The van der Waals surface area contributed by atoms with E-state index in [2.05, 4.69) is 41.7 Å². The molecule has 4 rings (SSSR count). The zero-order valence-electron chi connectivity index (χ0n) is 17.2. The van der Waals surface area contributed by atoms with Gasteiger partial charge < -0.3 is 0 Å². The lowest BCUT2D eigenvalue weighted by atomic mass is 10.2. The van der Waals surface area contributed by atoms with Crippen LogP contribution < -0.4 is 21.2 Å². The molecule has 0 spiro atoms. The van der Waals surface area contributed by atoms with Gasteiger partial charge in [-0.15, -0.1) is 0 Å². The maximum absolute atomic E-state index is 13.2. The van der Waals surface area contributed by atoms with Gasteiger partial charge in [-0.25, -0.2) is 0 Å². The lowest BCUT2D eigenvalue weighted by molar-refractivity contribution is 0.0968. The summed E-state index contributed by atoms with van der Waals surface area (Å²) < 4.78 is 0. The number of hydrogen-bond acceptors (Lipinski definition) is 1. The van der Waals surface area contributed by atoms with Crippen LogP contribution >= 0.6 is 30.5 Å². The standard InChI is InChI=1S/C27H20Cl2NOP/c28-20-26(30-27(31)21-16-18-22(29)19-17-21)32(23-10-4-1-5-11-23,24-12-6-2-7-13-24)25-14-8-3-9-15-25/h1-20H/p+1/b26-20-. The predicted molar refractivity (Wildman–Crippen MR) is 138 cm³/mol. The molecule has 4 aromatic rings. The Balaban J connectivity index is 1.93. The summed E-state index contributed by atoms with van der Waals surface area (Å²) in [5, 5.41) is 7.01. The molecule has 0 atom stereocenters. The van der Waals surface area contributed by atoms with Crippen molar-refractivity contribution in [2.24, 2.45) is 0 Å². The van der Waals surface area contributed by atoms with Crippen LogP contribution in [0.15, 0.2) is 126 Å². The zero-order chi connectivity index (χ0) is 22.4. The highest BCUT2D eigenvalue weighted by molar-refractivity contribution is 7.99. The second-order valence-corrected chi connectivity index (χ2v) is 11.2. The topological polar surface area (TPSA) is 29.1 Å². The second kappa shape index (κ2) is 10.1. The minimum atomic E-state index is -2.48. The van der Waals surface area contributed by atoms with Gasteiger partial charge in [-0.2, -0.15) is 0 Å². The molecule has 0 saturated carbocycles. The molecule has 0 aromatic heterocycles. The number of rotatable bonds is 6. The van der Waals surface area contributed by atoms with E-state index in [1.165, 1.54) is 5.54 Å². The minimum absolute atomic E-state index is 0.235. The van der Waals surface area contributed by atoms with Crippen LogP contribution in [0.5, 0.6) is 0 Å². The summed E-state index contributed by atoms with van der Waals surface area (Å²) >= 11 is 12.5. The summed E-state index contributed by atoms with van der Waals surface area (Å²) in [5.74, 6) is -0.235. The minimum Gasteiger partial charge on any atom is -0.291 e. The fourth-order valence-corrected chi connectivity index (χ4v) is 8.42. The fourth-order valence-electron chi connectivity index (χ4n) is 3.79. The van der Waals surface area contributed by atoms with E-state index in [0.717, 1.165) is 15.9 Å². The van der Waals surface area contributed by atoms with E-state index < -0.39 is 7.26 Å². The number of benzene rings is 4. The van der Waals surface area contributed by atoms with Gasteiger partial charge in [-0.05, 0) is 60.7 Å². The van der Waals surface area contributed by atoms with Crippen molar-refractivity contribution in [3.63, 3.8) is 0 Å². The third kappa shape index (κ3) is 4.36. The lowest BCUT2D eigenvalue weighted by Gasteiger charge is -2.29. The Kier molecular flexibility index (Phi) is 7.07. The van der Waals surface area contributed by atoms with Crippen molar-refractivity contribution in [2.75, 3.05) is 0 Å². The molecule has 32 heavy (non-hydrogen) atoms. The summed E-state index contributed by atoms with van der Waals surface area (Å²) in [4.78, 5) is 13.2. The molecule has 4 aromatic carbocycles. The SMILES string of the molecule is O=C(N/C(=C/Cl)[P+](c1ccccc1)(c1ccccc1)c1ccccc1)c1ccc(Cl)cc1. The largest absolute Gasteiger partial charge is 0.291 e. The molecule has 0 aliphatic heterocycles. The van der Waals surface area contributed by atoms with Crippen molar-refractivity contribution in [1.29, 1.82) is 0 Å². The first-order valence-electron chi connectivity index (χ1n) is 10.1. The molecule has 158 valence electrons. The van der Waals surface area contributed by atoms with Gasteiger partial charge in [0.1, 0.15) is 15.9 Å². The van der Waals surface area contributed by atoms with Crippen LogP contribution in [0.3, 0.4) is 0 Å². The quantitative estimate of drug-likeness (QED) is 0.334. The van der Waals surface area contributed by atoms with Gasteiger partial charge in [0.2, 0.25) is 0 Å². The van der Waals surface area contributed by atoms with Gasteiger partial charge in [-0.3, -0.25) is 10.1 Å². The molecule has 0 saturated heterocycles.